The summed E-state index contributed by atoms with van der Waals surface area (Å²) in [7, 11) is 4.65. The summed E-state index contributed by atoms with van der Waals surface area (Å²) in [5, 5.41) is 0. The van der Waals surface area contributed by atoms with Crippen molar-refractivity contribution in [1.29, 1.82) is 0 Å². The fourth-order valence-corrected chi connectivity index (χ4v) is 2.23. The predicted molar refractivity (Wildman–Crippen MR) is 85.3 cm³/mol. The SMILES string of the molecule is COC(=O)CCc1ccc(-c2ccc(OC)c(OC)c2)cc1. The molecule has 0 saturated heterocycles. The van der Waals surface area contributed by atoms with Crippen molar-refractivity contribution in [1.82, 2.24) is 0 Å². The second-order valence-electron chi connectivity index (χ2n) is 4.84. The number of ether oxygens (including phenoxy) is 3. The van der Waals surface area contributed by atoms with Crippen LogP contribution >= 0.6 is 0 Å². The van der Waals surface area contributed by atoms with Gasteiger partial charge in [0.2, 0.25) is 0 Å². The highest BCUT2D eigenvalue weighted by molar-refractivity contribution is 5.70. The van der Waals surface area contributed by atoms with Crippen LogP contribution in [0.15, 0.2) is 42.5 Å². The number of esters is 1. The lowest BCUT2D eigenvalue weighted by Crippen LogP contribution is -2.01. The van der Waals surface area contributed by atoms with E-state index in [1.54, 1.807) is 14.2 Å². The molecule has 0 N–H and O–H groups in total. The van der Waals surface area contributed by atoms with Crippen LogP contribution in [0.5, 0.6) is 11.5 Å². The standard InChI is InChI=1S/C18H20O4/c1-20-16-10-9-15(12-17(16)21-2)14-7-4-13(5-8-14)6-11-18(19)22-3/h4-5,7-10,12H,6,11H2,1-3H3. The first-order chi connectivity index (χ1) is 10.7. The quantitative estimate of drug-likeness (QED) is 0.766. The van der Waals surface area contributed by atoms with E-state index in [1.807, 2.05) is 42.5 Å². The fourth-order valence-electron chi connectivity index (χ4n) is 2.23. The zero-order valence-corrected chi connectivity index (χ0v) is 13.1. The predicted octanol–water partition coefficient (Wildman–Crippen LogP) is 3.48. The van der Waals surface area contributed by atoms with Crippen LogP contribution in [-0.4, -0.2) is 27.3 Å². The molecular formula is C18H20O4. The van der Waals surface area contributed by atoms with Crippen LogP contribution in [0.2, 0.25) is 0 Å². The third-order valence-corrected chi connectivity index (χ3v) is 3.52. The molecule has 0 spiro atoms. The van der Waals surface area contributed by atoms with Crippen molar-refractivity contribution in [2.75, 3.05) is 21.3 Å². The smallest absolute Gasteiger partial charge is 0.305 e. The Balaban J connectivity index is 2.14. The van der Waals surface area contributed by atoms with Crippen LogP contribution in [-0.2, 0) is 16.0 Å². The number of rotatable bonds is 6. The lowest BCUT2D eigenvalue weighted by atomic mass is 10.0. The van der Waals surface area contributed by atoms with Gasteiger partial charge < -0.3 is 14.2 Å². The van der Waals surface area contributed by atoms with E-state index in [4.69, 9.17) is 9.47 Å². The van der Waals surface area contributed by atoms with Crippen molar-refractivity contribution in [3.8, 4) is 22.6 Å². The normalized spacial score (nSPS) is 10.1. The highest BCUT2D eigenvalue weighted by atomic mass is 16.5. The van der Waals surface area contributed by atoms with Gasteiger partial charge in [0.1, 0.15) is 0 Å². The molecule has 0 amide bonds. The molecular weight excluding hydrogens is 280 g/mol. The Morgan fingerprint density at radius 2 is 1.50 bits per heavy atom. The Kier molecular flexibility index (Phi) is 5.42. The summed E-state index contributed by atoms with van der Waals surface area (Å²) in [4.78, 5) is 11.2. The molecule has 2 aromatic rings. The molecule has 0 heterocycles. The molecule has 0 aliphatic carbocycles. The van der Waals surface area contributed by atoms with Crippen molar-refractivity contribution in [3.05, 3.63) is 48.0 Å². The molecule has 2 rings (SSSR count). The summed E-state index contributed by atoms with van der Waals surface area (Å²) < 4.78 is 15.2. The molecule has 0 fully saturated rings. The Morgan fingerprint density at radius 3 is 2.09 bits per heavy atom. The summed E-state index contributed by atoms with van der Waals surface area (Å²) in [5.74, 6) is 1.22. The molecule has 4 nitrogen and oxygen atoms in total. The van der Waals surface area contributed by atoms with Crippen molar-refractivity contribution >= 4 is 5.97 Å². The molecule has 0 bridgehead atoms. The minimum Gasteiger partial charge on any atom is -0.493 e. The van der Waals surface area contributed by atoms with Gasteiger partial charge in [0.25, 0.3) is 0 Å². The topological polar surface area (TPSA) is 44.8 Å². The van der Waals surface area contributed by atoms with E-state index in [1.165, 1.54) is 7.11 Å². The van der Waals surface area contributed by atoms with Crippen molar-refractivity contribution in [2.45, 2.75) is 12.8 Å². The van der Waals surface area contributed by atoms with E-state index in [-0.39, 0.29) is 5.97 Å². The van der Waals surface area contributed by atoms with Gasteiger partial charge in [0.05, 0.1) is 21.3 Å². The molecule has 0 aliphatic heterocycles. The van der Waals surface area contributed by atoms with Crippen LogP contribution < -0.4 is 9.47 Å². The van der Waals surface area contributed by atoms with Crippen LogP contribution in [0.25, 0.3) is 11.1 Å². The van der Waals surface area contributed by atoms with Gasteiger partial charge in [-0.3, -0.25) is 4.79 Å². The Bertz CT molecular complexity index is 632. The lowest BCUT2D eigenvalue weighted by molar-refractivity contribution is -0.140. The number of carbonyl (C=O) groups is 1. The molecule has 22 heavy (non-hydrogen) atoms. The molecule has 0 atom stereocenters. The van der Waals surface area contributed by atoms with Crippen molar-refractivity contribution < 1.29 is 19.0 Å². The second kappa shape index (κ2) is 7.50. The zero-order valence-electron chi connectivity index (χ0n) is 13.1. The zero-order chi connectivity index (χ0) is 15.9. The van der Waals surface area contributed by atoms with E-state index >= 15 is 0 Å². The first-order valence-corrected chi connectivity index (χ1v) is 7.06. The third kappa shape index (κ3) is 3.79. The van der Waals surface area contributed by atoms with E-state index in [9.17, 15) is 4.79 Å². The minimum absolute atomic E-state index is 0.191. The van der Waals surface area contributed by atoms with Crippen LogP contribution in [0.4, 0.5) is 0 Å². The molecule has 0 saturated carbocycles. The summed E-state index contributed by atoms with van der Waals surface area (Å²) in [6.45, 7) is 0. The summed E-state index contributed by atoms with van der Waals surface area (Å²) in [6.07, 6.45) is 1.07. The third-order valence-electron chi connectivity index (χ3n) is 3.52. The maximum absolute atomic E-state index is 11.2. The second-order valence-corrected chi connectivity index (χ2v) is 4.84. The number of aryl methyl sites for hydroxylation is 1. The monoisotopic (exact) mass is 300 g/mol. The van der Waals surface area contributed by atoms with E-state index < -0.39 is 0 Å². The Hall–Kier alpha value is -2.49. The Morgan fingerprint density at radius 1 is 0.864 bits per heavy atom. The molecule has 116 valence electrons. The number of carbonyl (C=O) groups excluding carboxylic acids is 1. The lowest BCUT2D eigenvalue weighted by Gasteiger charge is -2.10. The molecule has 0 unspecified atom stereocenters. The van der Waals surface area contributed by atoms with E-state index in [2.05, 4.69) is 4.74 Å². The van der Waals surface area contributed by atoms with E-state index in [0.29, 0.717) is 24.3 Å². The molecule has 4 heteroatoms. The van der Waals surface area contributed by atoms with Gasteiger partial charge in [0, 0.05) is 6.42 Å². The van der Waals surface area contributed by atoms with Crippen molar-refractivity contribution in [3.63, 3.8) is 0 Å². The molecule has 2 aromatic carbocycles. The average molecular weight is 300 g/mol. The molecule has 0 aromatic heterocycles. The van der Waals surface area contributed by atoms with Crippen LogP contribution in [0.1, 0.15) is 12.0 Å². The summed E-state index contributed by atoms with van der Waals surface area (Å²) in [5.41, 5.74) is 3.24. The number of hydrogen-bond donors (Lipinski definition) is 0. The van der Waals surface area contributed by atoms with Gasteiger partial charge in [-0.25, -0.2) is 0 Å². The van der Waals surface area contributed by atoms with Crippen LogP contribution in [0, 0.1) is 0 Å². The maximum atomic E-state index is 11.2. The van der Waals surface area contributed by atoms with Crippen LogP contribution in [0.3, 0.4) is 0 Å². The van der Waals surface area contributed by atoms with Gasteiger partial charge in [-0.05, 0) is 35.2 Å². The Labute approximate surface area is 130 Å². The van der Waals surface area contributed by atoms with Crippen molar-refractivity contribution in [2.24, 2.45) is 0 Å². The molecule has 0 radical (unpaired) electrons. The van der Waals surface area contributed by atoms with Gasteiger partial charge >= 0.3 is 5.97 Å². The highest BCUT2D eigenvalue weighted by Crippen LogP contribution is 2.32. The van der Waals surface area contributed by atoms with Gasteiger partial charge in [-0.1, -0.05) is 30.3 Å². The number of hydrogen-bond acceptors (Lipinski definition) is 4. The highest BCUT2D eigenvalue weighted by Gasteiger charge is 2.07. The largest absolute Gasteiger partial charge is 0.493 e. The fraction of sp³-hybridized carbons (Fsp3) is 0.278. The van der Waals surface area contributed by atoms with Gasteiger partial charge in [-0.2, -0.15) is 0 Å². The first kappa shape index (κ1) is 15.9. The van der Waals surface area contributed by atoms with Gasteiger partial charge in [0.15, 0.2) is 11.5 Å². The maximum Gasteiger partial charge on any atom is 0.305 e. The van der Waals surface area contributed by atoms with E-state index in [0.717, 1.165) is 16.7 Å². The first-order valence-electron chi connectivity index (χ1n) is 7.06. The molecule has 0 aliphatic rings. The minimum atomic E-state index is -0.191. The summed E-state index contributed by atoms with van der Waals surface area (Å²) in [6, 6.07) is 13.9. The number of methoxy groups -OCH3 is 3. The number of benzene rings is 2. The summed E-state index contributed by atoms with van der Waals surface area (Å²) >= 11 is 0. The average Bonchev–Trinajstić information content (AvgIpc) is 2.59. The van der Waals surface area contributed by atoms with Gasteiger partial charge in [-0.15, -0.1) is 0 Å².